The third-order valence-electron chi connectivity index (χ3n) is 7.69. The number of aliphatic hydroxyl groups is 3. The van der Waals surface area contributed by atoms with Gasteiger partial charge in [0.05, 0.1) is 41.6 Å². The molecule has 5 rings (SSSR count). The summed E-state index contributed by atoms with van der Waals surface area (Å²) >= 11 is 0. The van der Waals surface area contributed by atoms with E-state index in [1.54, 1.807) is 19.1 Å². The Kier molecular flexibility index (Phi) is 6.22. The van der Waals surface area contributed by atoms with Crippen molar-refractivity contribution in [2.24, 2.45) is 5.73 Å². The van der Waals surface area contributed by atoms with Crippen LogP contribution in [0.25, 0.3) is 0 Å². The number of hydrogen-bond acceptors (Lipinski definition) is 10. The van der Waals surface area contributed by atoms with Crippen LogP contribution in [0.5, 0.6) is 11.5 Å². The monoisotopic (exact) mass is 511 g/mol. The molecule has 0 unspecified atom stereocenters. The van der Waals surface area contributed by atoms with Crippen molar-refractivity contribution in [2.45, 2.75) is 62.4 Å². The van der Waals surface area contributed by atoms with Gasteiger partial charge in [-0.3, -0.25) is 9.59 Å². The third kappa shape index (κ3) is 3.88. The van der Waals surface area contributed by atoms with Crippen LogP contribution in [0.2, 0.25) is 0 Å². The number of phenols is 2. The number of nitrogens with two attached hydrogens (primary N) is 1. The van der Waals surface area contributed by atoms with Crippen LogP contribution in [0, 0.1) is 0 Å². The summed E-state index contributed by atoms with van der Waals surface area (Å²) in [7, 11) is 0. The first-order chi connectivity index (χ1) is 17.5. The van der Waals surface area contributed by atoms with E-state index in [-0.39, 0.29) is 58.2 Å². The Morgan fingerprint density at radius 1 is 1.16 bits per heavy atom. The Balaban J connectivity index is 1.67. The molecule has 0 bridgehead atoms. The Morgan fingerprint density at radius 2 is 1.76 bits per heavy atom. The number of fused-ring (bicyclic) bond motifs is 3. The Bertz CT molecular complexity index is 1310. The van der Waals surface area contributed by atoms with Gasteiger partial charge >= 0.3 is 0 Å². The van der Waals surface area contributed by atoms with E-state index in [2.05, 4.69) is 6.58 Å². The van der Waals surface area contributed by atoms with Crippen LogP contribution in [-0.4, -0.2) is 73.8 Å². The van der Waals surface area contributed by atoms with Crippen LogP contribution in [0.1, 0.15) is 68.8 Å². The largest absolute Gasteiger partial charge is 0.507 e. The molecule has 2 aliphatic carbocycles. The van der Waals surface area contributed by atoms with E-state index < -0.39 is 65.9 Å². The standard InChI is InChI=1S/C27H29NO9/c1-11(10-29)27(35)8-15-19(17(9-27)37-18-7-16(28)22(30)12(2)36-18)26(34)21-20(25(15)33)23(31)13-5-3-4-6-14(13)24(21)32/h3-6,12,16-18,22,29-30,33-35H,1,7-10,28H2,2H3/t12-,16-,17-,18-,22-,27-/m0/s1. The zero-order valence-electron chi connectivity index (χ0n) is 20.2. The van der Waals surface area contributed by atoms with Gasteiger partial charge in [0.25, 0.3) is 0 Å². The van der Waals surface area contributed by atoms with Crippen molar-refractivity contribution < 1.29 is 44.6 Å². The van der Waals surface area contributed by atoms with Crippen LogP contribution in [0.15, 0.2) is 36.4 Å². The summed E-state index contributed by atoms with van der Waals surface area (Å²) in [5.74, 6) is -2.37. The second kappa shape index (κ2) is 9.02. The molecule has 3 aliphatic rings. The Morgan fingerprint density at radius 3 is 2.32 bits per heavy atom. The van der Waals surface area contributed by atoms with E-state index >= 15 is 0 Å². The average Bonchev–Trinajstić information content (AvgIpc) is 2.87. The Labute approximate surface area is 212 Å². The summed E-state index contributed by atoms with van der Waals surface area (Å²) in [4.78, 5) is 26.7. The van der Waals surface area contributed by atoms with Crippen molar-refractivity contribution in [1.82, 2.24) is 0 Å². The first kappa shape index (κ1) is 25.5. The zero-order chi connectivity index (χ0) is 26.8. The minimum atomic E-state index is -1.77. The number of aliphatic hydroxyl groups excluding tert-OH is 2. The lowest BCUT2D eigenvalue weighted by Gasteiger charge is -2.43. The molecular weight excluding hydrogens is 482 g/mol. The first-order valence-corrected chi connectivity index (χ1v) is 12.0. The van der Waals surface area contributed by atoms with Gasteiger partial charge in [-0.05, 0) is 12.5 Å². The van der Waals surface area contributed by atoms with Gasteiger partial charge in [-0.1, -0.05) is 30.8 Å². The predicted molar refractivity (Wildman–Crippen MR) is 129 cm³/mol. The molecule has 2 aromatic carbocycles. The number of carbonyl (C=O) groups excluding carboxylic acids is 2. The van der Waals surface area contributed by atoms with E-state index in [0.717, 1.165) is 0 Å². The molecule has 7 N–H and O–H groups in total. The summed E-state index contributed by atoms with van der Waals surface area (Å²) in [6, 6.07) is 5.45. The highest BCUT2D eigenvalue weighted by Crippen LogP contribution is 2.52. The van der Waals surface area contributed by atoms with Gasteiger partial charge in [0.15, 0.2) is 17.9 Å². The summed E-state index contributed by atoms with van der Waals surface area (Å²) in [6.45, 7) is 4.81. The highest BCUT2D eigenvalue weighted by atomic mass is 16.7. The van der Waals surface area contributed by atoms with Crippen LogP contribution >= 0.6 is 0 Å². The summed E-state index contributed by atoms with van der Waals surface area (Å²) in [5, 5.41) is 54.0. The highest BCUT2D eigenvalue weighted by molar-refractivity contribution is 6.30. The van der Waals surface area contributed by atoms with Crippen LogP contribution in [-0.2, 0) is 15.9 Å². The molecule has 6 atom stereocenters. The quantitative estimate of drug-likeness (QED) is 0.218. The van der Waals surface area contributed by atoms with Crippen LogP contribution in [0.4, 0.5) is 0 Å². The maximum Gasteiger partial charge on any atom is 0.198 e. The molecule has 1 aliphatic heterocycles. The number of aromatic hydroxyl groups is 2. The van der Waals surface area contributed by atoms with E-state index in [0.29, 0.717) is 0 Å². The number of rotatable bonds is 4. The molecule has 0 aromatic heterocycles. The molecule has 196 valence electrons. The highest BCUT2D eigenvalue weighted by Gasteiger charge is 2.48. The number of carbonyl (C=O) groups is 2. The minimum Gasteiger partial charge on any atom is -0.507 e. The van der Waals surface area contributed by atoms with Crippen LogP contribution in [0.3, 0.4) is 0 Å². The summed E-state index contributed by atoms with van der Waals surface area (Å²) in [6.07, 6.45) is -4.08. The van der Waals surface area contributed by atoms with Gasteiger partial charge in [-0.25, -0.2) is 0 Å². The fourth-order valence-corrected chi connectivity index (χ4v) is 5.57. The third-order valence-corrected chi connectivity index (χ3v) is 7.69. The second-order valence-corrected chi connectivity index (χ2v) is 10.0. The van der Waals surface area contributed by atoms with Crippen molar-refractivity contribution >= 4 is 11.6 Å². The second-order valence-electron chi connectivity index (χ2n) is 10.0. The summed E-state index contributed by atoms with van der Waals surface area (Å²) in [5.41, 5.74) is 3.81. The zero-order valence-corrected chi connectivity index (χ0v) is 20.2. The molecule has 0 amide bonds. The Hall–Kier alpha value is -3.12. The van der Waals surface area contributed by atoms with Gasteiger partial charge in [0, 0.05) is 47.6 Å². The number of benzene rings is 2. The molecule has 0 radical (unpaired) electrons. The SMILES string of the molecule is C=C(CO)[C@]1(O)Cc2c(O)c3c(c(O)c2[C@@H](O[C@H]2C[C@H](N)[C@@H](O)[C@H](C)O2)C1)C(=O)c1ccccc1C3=O. The van der Waals surface area contributed by atoms with Gasteiger partial charge in [-0.15, -0.1) is 0 Å². The molecule has 10 heteroatoms. The lowest BCUT2D eigenvalue weighted by Crippen LogP contribution is -2.52. The minimum absolute atomic E-state index is 0.00155. The topological polar surface area (TPSA) is 180 Å². The fraction of sp³-hybridized carbons (Fsp3) is 0.407. The molecular formula is C27H29NO9. The van der Waals surface area contributed by atoms with E-state index in [4.69, 9.17) is 15.2 Å². The maximum atomic E-state index is 13.4. The van der Waals surface area contributed by atoms with Gasteiger partial charge < -0.3 is 40.7 Å². The number of ether oxygens (including phenoxy) is 2. The van der Waals surface area contributed by atoms with Crippen molar-refractivity contribution in [1.29, 1.82) is 0 Å². The molecule has 1 saturated heterocycles. The van der Waals surface area contributed by atoms with Gasteiger partial charge in [0.2, 0.25) is 0 Å². The predicted octanol–water partition coefficient (Wildman–Crippen LogP) is 0.980. The van der Waals surface area contributed by atoms with Crippen molar-refractivity contribution in [2.75, 3.05) is 6.61 Å². The summed E-state index contributed by atoms with van der Waals surface area (Å²) < 4.78 is 11.9. The average molecular weight is 512 g/mol. The molecule has 2 aromatic rings. The fourth-order valence-electron chi connectivity index (χ4n) is 5.57. The van der Waals surface area contributed by atoms with E-state index in [1.165, 1.54) is 12.1 Å². The van der Waals surface area contributed by atoms with Gasteiger partial charge in [0.1, 0.15) is 11.5 Å². The lowest BCUT2D eigenvalue weighted by atomic mass is 9.71. The number of phenolic OH excluding ortho intramolecular Hbond substituents is 2. The molecule has 1 fully saturated rings. The molecule has 37 heavy (non-hydrogen) atoms. The van der Waals surface area contributed by atoms with Crippen molar-refractivity contribution in [3.8, 4) is 11.5 Å². The molecule has 0 saturated carbocycles. The molecule has 10 nitrogen and oxygen atoms in total. The number of hydrogen-bond donors (Lipinski definition) is 6. The van der Waals surface area contributed by atoms with Crippen molar-refractivity contribution in [3.05, 3.63) is 69.8 Å². The normalized spacial score (nSPS) is 30.9. The van der Waals surface area contributed by atoms with Crippen molar-refractivity contribution in [3.63, 3.8) is 0 Å². The maximum absolute atomic E-state index is 13.4. The lowest BCUT2D eigenvalue weighted by molar-refractivity contribution is -0.246. The smallest absolute Gasteiger partial charge is 0.198 e. The van der Waals surface area contributed by atoms with E-state index in [1.807, 2.05) is 0 Å². The molecule has 1 heterocycles. The molecule has 0 spiro atoms. The van der Waals surface area contributed by atoms with Gasteiger partial charge in [-0.2, -0.15) is 0 Å². The number of ketones is 2. The first-order valence-electron chi connectivity index (χ1n) is 12.0. The van der Waals surface area contributed by atoms with Crippen LogP contribution < -0.4 is 5.73 Å². The van der Waals surface area contributed by atoms with E-state index in [9.17, 15) is 35.1 Å².